The molecule has 4 aromatic rings. The maximum absolute atomic E-state index is 12.3. The zero-order valence-electron chi connectivity index (χ0n) is 13.7. The van der Waals surface area contributed by atoms with Gasteiger partial charge in [-0.05, 0) is 36.4 Å². The van der Waals surface area contributed by atoms with Crippen LogP contribution in [0.1, 0.15) is 22.9 Å². The summed E-state index contributed by atoms with van der Waals surface area (Å²) in [4.78, 5) is 21.5. The van der Waals surface area contributed by atoms with E-state index in [1.165, 1.54) is 0 Å². The van der Waals surface area contributed by atoms with E-state index in [0.29, 0.717) is 25.7 Å². The fourth-order valence-corrected chi connectivity index (χ4v) is 5.76. The van der Waals surface area contributed by atoms with Crippen LogP contribution in [0.4, 0.5) is 0 Å². The zero-order valence-corrected chi connectivity index (χ0v) is 18.5. The average molecular weight is 510 g/mol. The molecule has 7 heteroatoms. The van der Waals surface area contributed by atoms with Gasteiger partial charge >= 0.3 is 0 Å². The third-order valence-electron chi connectivity index (χ3n) is 4.02. The molecule has 26 heavy (non-hydrogen) atoms. The predicted molar refractivity (Wildman–Crippen MR) is 116 cm³/mol. The number of hydrogen-bond donors (Lipinski definition) is 0. The molecule has 0 bridgehead atoms. The second-order valence-electron chi connectivity index (χ2n) is 5.98. The topological polar surface area (TPSA) is 42.9 Å². The summed E-state index contributed by atoms with van der Waals surface area (Å²) in [5.74, 6) is 0.269. The monoisotopic (exact) mass is 508 g/mol. The Kier molecular flexibility index (Phi) is 5.50. The van der Waals surface area contributed by atoms with E-state index in [4.69, 9.17) is 0 Å². The standard InChI is InChI=1S/C19H14Br2N2OS2/c20-11-1-5-14-16(9-11)25-18(22-14)7-3-13(24)4-8-19-23-15-6-2-12(21)10-17(15)26-19/h1-2,5-6,9-10H,3-4,7-8H2. The highest BCUT2D eigenvalue weighted by molar-refractivity contribution is 9.10. The summed E-state index contributed by atoms with van der Waals surface area (Å²) in [6, 6.07) is 12.1. The first-order valence-corrected chi connectivity index (χ1v) is 11.4. The molecule has 0 atom stereocenters. The SMILES string of the molecule is O=C(CCc1nc2ccc(Br)cc2s1)CCc1nc2ccc(Br)cc2s1. The minimum Gasteiger partial charge on any atom is -0.300 e. The normalized spacial score (nSPS) is 11.5. The van der Waals surface area contributed by atoms with Crippen LogP contribution in [0.25, 0.3) is 20.4 Å². The molecule has 3 nitrogen and oxygen atoms in total. The second kappa shape index (κ2) is 7.84. The number of hydrogen-bond acceptors (Lipinski definition) is 5. The quantitative estimate of drug-likeness (QED) is 0.295. The van der Waals surface area contributed by atoms with Gasteiger partial charge in [-0.2, -0.15) is 0 Å². The Bertz CT molecular complexity index is 1020. The molecule has 0 aliphatic heterocycles. The molecule has 4 rings (SSSR count). The molecule has 0 spiro atoms. The number of ketones is 1. The highest BCUT2D eigenvalue weighted by atomic mass is 79.9. The van der Waals surface area contributed by atoms with Crippen LogP contribution in [0.5, 0.6) is 0 Å². The van der Waals surface area contributed by atoms with Gasteiger partial charge in [0.25, 0.3) is 0 Å². The van der Waals surface area contributed by atoms with E-state index in [0.717, 1.165) is 39.4 Å². The molecule has 132 valence electrons. The number of thiazole rings is 2. The Morgan fingerprint density at radius 3 is 1.73 bits per heavy atom. The summed E-state index contributed by atoms with van der Waals surface area (Å²) in [6.45, 7) is 0. The molecule has 0 aliphatic rings. The van der Waals surface area contributed by atoms with Crippen molar-refractivity contribution < 1.29 is 4.79 Å². The molecule has 0 aliphatic carbocycles. The smallest absolute Gasteiger partial charge is 0.133 e. The van der Waals surface area contributed by atoms with Gasteiger partial charge in [-0.15, -0.1) is 22.7 Å². The van der Waals surface area contributed by atoms with Gasteiger partial charge in [0, 0.05) is 34.6 Å². The summed E-state index contributed by atoms with van der Waals surface area (Å²) in [7, 11) is 0. The molecule has 0 radical (unpaired) electrons. The third-order valence-corrected chi connectivity index (χ3v) is 7.17. The van der Waals surface area contributed by atoms with Crippen LogP contribution in [0, 0.1) is 0 Å². The summed E-state index contributed by atoms with van der Waals surface area (Å²) in [5, 5.41) is 2.05. The number of rotatable bonds is 6. The molecule has 0 saturated heterocycles. The lowest BCUT2D eigenvalue weighted by atomic mass is 10.1. The van der Waals surface area contributed by atoms with Crippen molar-refractivity contribution in [1.82, 2.24) is 9.97 Å². The minimum atomic E-state index is 0.269. The number of carbonyl (C=O) groups is 1. The molecule has 0 unspecified atom stereocenters. The van der Waals surface area contributed by atoms with E-state index in [2.05, 4.69) is 54.0 Å². The van der Waals surface area contributed by atoms with Crippen LogP contribution in [-0.4, -0.2) is 15.8 Å². The van der Waals surface area contributed by atoms with E-state index >= 15 is 0 Å². The largest absolute Gasteiger partial charge is 0.300 e. The molecular formula is C19H14Br2N2OS2. The van der Waals surface area contributed by atoms with Crippen LogP contribution in [0.15, 0.2) is 45.3 Å². The Balaban J connectivity index is 1.34. The Hall–Kier alpha value is -1.15. The summed E-state index contributed by atoms with van der Waals surface area (Å²) in [6.07, 6.45) is 2.50. The fourth-order valence-electron chi connectivity index (χ4n) is 2.72. The second-order valence-corrected chi connectivity index (χ2v) is 10.0. The molecule has 0 amide bonds. The van der Waals surface area contributed by atoms with E-state index in [1.54, 1.807) is 22.7 Å². The van der Waals surface area contributed by atoms with Gasteiger partial charge in [0.05, 0.1) is 30.4 Å². The van der Waals surface area contributed by atoms with Gasteiger partial charge in [-0.25, -0.2) is 9.97 Å². The number of nitrogens with zero attached hydrogens (tertiary/aromatic N) is 2. The van der Waals surface area contributed by atoms with E-state index in [1.807, 2.05) is 24.3 Å². The highest BCUT2D eigenvalue weighted by Crippen LogP contribution is 2.27. The molecule has 0 saturated carbocycles. The van der Waals surface area contributed by atoms with Crippen molar-refractivity contribution in [2.45, 2.75) is 25.7 Å². The third kappa shape index (κ3) is 4.22. The van der Waals surface area contributed by atoms with Crippen molar-refractivity contribution in [2.24, 2.45) is 0 Å². The average Bonchev–Trinajstić information content (AvgIpc) is 3.20. The van der Waals surface area contributed by atoms with E-state index < -0.39 is 0 Å². The lowest BCUT2D eigenvalue weighted by Crippen LogP contribution is -2.01. The highest BCUT2D eigenvalue weighted by Gasteiger charge is 2.10. The fraction of sp³-hybridized carbons (Fsp3) is 0.211. The summed E-state index contributed by atoms with van der Waals surface area (Å²) < 4.78 is 4.42. The first-order chi connectivity index (χ1) is 12.6. The van der Waals surface area contributed by atoms with Crippen molar-refractivity contribution in [3.05, 3.63) is 55.4 Å². The predicted octanol–water partition coefficient (Wildman–Crippen LogP) is 6.57. The van der Waals surface area contributed by atoms with Gasteiger partial charge in [-0.1, -0.05) is 31.9 Å². The van der Waals surface area contributed by atoms with Crippen molar-refractivity contribution in [3.63, 3.8) is 0 Å². The first-order valence-electron chi connectivity index (χ1n) is 8.18. The Morgan fingerprint density at radius 2 is 1.27 bits per heavy atom. The number of fused-ring (bicyclic) bond motifs is 2. The van der Waals surface area contributed by atoms with Crippen molar-refractivity contribution in [1.29, 1.82) is 0 Å². The van der Waals surface area contributed by atoms with Crippen LogP contribution in [0.2, 0.25) is 0 Å². The lowest BCUT2D eigenvalue weighted by Gasteiger charge is -1.97. The molecule has 2 aromatic carbocycles. The Morgan fingerprint density at radius 1 is 0.808 bits per heavy atom. The van der Waals surface area contributed by atoms with E-state index in [9.17, 15) is 4.79 Å². The number of carbonyl (C=O) groups excluding carboxylic acids is 1. The summed E-state index contributed by atoms with van der Waals surface area (Å²) in [5.41, 5.74) is 2.00. The van der Waals surface area contributed by atoms with Crippen LogP contribution < -0.4 is 0 Å². The van der Waals surface area contributed by atoms with Crippen LogP contribution in [0.3, 0.4) is 0 Å². The number of halogens is 2. The molecule has 0 fully saturated rings. The van der Waals surface area contributed by atoms with Crippen molar-refractivity contribution >= 4 is 80.7 Å². The Labute approximate surface area is 175 Å². The number of aromatic nitrogens is 2. The maximum atomic E-state index is 12.3. The number of aryl methyl sites for hydroxylation is 2. The van der Waals surface area contributed by atoms with Crippen molar-refractivity contribution in [3.8, 4) is 0 Å². The van der Waals surface area contributed by atoms with Crippen molar-refractivity contribution in [2.75, 3.05) is 0 Å². The molecule has 0 N–H and O–H groups in total. The molecular weight excluding hydrogens is 496 g/mol. The van der Waals surface area contributed by atoms with E-state index in [-0.39, 0.29) is 5.78 Å². The van der Waals surface area contributed by atoms with Crippen LogP contribution in [-0.2, 0) is 17.6 Å². The lowest BCUT2D eigenvalue weighted by molar-refractivity contribution is -0.119. The van der Waals surface area contributed by atoms with Gasteiger partial charge < -0.3 is 0 Å². The zero-order chi connectivity index (χ0) is 18.1. The first kappa shape index (κ1) is 18.2. The van der Waals surface area contributed by atoms with Crippen LogP contribution >= 0.6 is 54.5 Å². The number of Topliss-reactive ketones (excluding diaryl/α,β-unsaturated/α-hetero) is 1. The molecule has 2 aromatic heterocycles. The minimum absolute atomic E-state index is 0.269. The van der Waals surface area contributed by atoms with Gasteiger partial charge in [0.2, 0.25) is 0 Å². The maximum Gasteiger partial charge on any atom is 0.133 e. The van der Waals surface area contributed by atoms with Gasteiger partial charge in [0.15, 0.2) is 0 Å². The van der Waals surface area contributed by atoms with Gasteiger partial charge in [0.1, 0.15) is 5.78 Å². The van der Waals surface area contributed by atoms with Gasteiger partial charge in [-0.3, -0.25) is 4.79 Å². The summed E-state index contributed by atoms with van der Waals surface area (Å²) >= 11 is 10.3. The molecule has 2 heterocycles. The number of benzene rings is 2.